The van der Waals surface area contributed by atoms with E-state index in [0.717, 1.165) is 43.8 Å². The van der Waals surface area contributed by atoms with Crippen molar-refractivity contribution in [1.29, 1.82) is 0 Å². The number of carbonyl (C=O) groups excluding carboxylic acids is 1. The van der Waals surface area contributed by atoms with Crippen molar-refractivity contribution in [3.05, 3.63) is 59.6 Å². The Morgan fingerprint density at radius 3 is 2.65 bits per heavy atom. The Balaban J connectivity index is 1.57. The van der Waals surface area contributed by atoms with E-state index in [4.69, 9.17) is 4.42 Å². The molecular weight excluding hydrogens is 340 g/mol. The van der Waals surface area contributed by atoms with Gasteiger partial charge in [-0.05, 0) is 62.7 Å². The monoisotopic (exact) mass is 363 g/mol. The third-order valence-electron chi connectivity index (χ3n) is 4.70. The second-order valence-corrected chi connectivity index (χ2v) is 6.52. The minimum Gasteiger partial charge on any atom is -0.468 e. The first-order chi connectivity index (χ1) is 12.5. The van der Waals surface area contributed by atoms with E-state index in [2.05, 4.69) is 15.5 Å². The Kier molecular flexibility index (Phi) is 5.88. The lowest BCUT2D eigenvalue weighted by Crippen LogP contribution is -2.42. The lowest BCUT2D eigenvalue weighted by molar-refractivity contribution is 0.202. The van der Waals surface area contributed by atoms with Gasteiger partial charge in [0.05, 0.1) is 18.3 Å². The molecule has 1 fully saturated rings. The van der Waals surface area contributed by atoms with Crippen molar-refractivity contribution in [2.75, 3.05) is 19.6 Å². The van der Waals surface area contributed by atoms with Gasteiger partial charge >= 0.3 is 6.03 Å². The molecule has 1 aliphatic heterocycles. The molecule has 1 saturated heterocycles. The summed E-state index contributed by atoms with van der Waals surface area (Å²) >= 11 is 0. The molecule has 7 heteroatoms. The van der Waals surface area contributed by atoms with E-state index in [1.165, 1.54) is 6.07 Å². The lowest BCUT2D eigenvalue weighted by Gasteiger charge is -2.26. The maximum atomic E-state index is 13.3. The van der Waals surface area contributed by atoms with E-state index in [-0.39, 0.29) is 12.1 Å². The van der Waals surface area contributed by atoms with Gasteiger partial charge in [0.15, 0.2) is 11.6 Å². The molecule has 1 aromatic carbocycles. The van der Waals surface area contributed by atoms with Gasteiger partial charge in [-0.2, -0.15) is 0 Å². The molecule has 26 heavy (non-hydrogen) atoms. The number of halogens is 2. The maximum Gasteiger partial charge on any atom is 0.315 e. The zero-order valence-corrected chi connectivity index (χ0v) is 14.7. The first-order valence-corrected chi connectivity index (χ1v) is 8.81. The summed E-state index contributed by atoms with van der Waals surface area (Å²) in [5, 5.41) is 5.60. The molecule has 0 spiro atoms. The second kappa shape index (κ2) is 8.31. The number of benzene rings is 1. The van der Waals surface area contributed by atoms with Gasteiger partial charge < -0.3 is 15.1 Å². The smallest absolute Gasteiger partial charge is 0.315 e. The van der Waals surface area contributed by atoms with Crippen LogP contribution >= 0.6 is 0 Å². The van der Waals surface area contributed by atoms with Gasteiger partial charge in [0.25, 0.3) is 0 Å². The second-order valence-electron chi connectivity index (χ2n) is 6.52. The summed E-state index contributed by atoms with van der Waals surface area (Å²) in [7, 11) is 0. The van der Waals surface area contributed by atoms with Gasteiger partial charge in [-0.15, -0.1) is 0 Å². The summed E-state index contributed by atoms with van der Waals surface area (Å²) in [4.78, 5) is 14.5. The van der Waals surface area contributed by atoms with Crippen LogP contribution in [0.3, 0.4) is 0 Å². The lowest BCUT2D eigenvalue weighted by atomic mass is 10.1. The number of carbonyl (C=O) groups is 1. The highest BCUT2D eigenvalue weighted by atomic mass is 19.2. The summed E-state index contributed by atoms with van der Waals surface area (Å²) in [5.74, 6) is -1.01. The third kappa shape index (κ3) is 4.40. The largest absolute Gasteiger partial charge is 0.468 e. The number of nitrogens with one attached hydrogen (secondary N) is 2. The SMILES string of the molecule is CC(NC(=O)NCC(c1ccco1)N1CCCC1)c1ccc(F)c(F)c1. The van der Waals surface area contributed by atoms with Gasteiger partial charge in [-0.1, -0.05) is 6.07 Å². The quantitative estimate of drug-likeness (QED) is 0.822. The minimum absolute atomic E-state index is 0.0168. The van der Waals surface area contributed by atoms with Crippen LogP contribution in [-0.4, -0.2) is 30.6 Å². The van der Waals surface area contributed by atoms with Crippen LogP contribution in [0.5, 0.6) is 0 Å². The molecule has 2 atom stereocenters. The number of hydrogen-bond acceptors (Lipinski definition) is 3. The van der Waals surface area contributed by atoms with Gasteiger partial charge in [0, 0.05) is 6.54 Å². The average molecular weight is 363 g/mol. The van der Waals surface area contributed by atoms with Crippen molar-refractivity contribution >= 4 is 6.03 Å². The zero-order valence-electron chi connectivity index (χ0n) is 14.7. The van der Waals surface area contributed by atoms with E-state index in [1.807, 2.05) is 12.1 Å². The highest BCUT2D eigenvalue weighted by molar-refractivity contribution is 5.74. The van der Waals surface area contributed by atoms with Crippen molar-refractivity contribution < 1.29 is 18.0 Å². The molecule has 140 valence electrons. The fraction of sp³-hybridized carbons (Fsp3) is 0.421. The number of nitrogens with zero attached hydrogens (tertiary/aromatic N) is 1. The topological polar surface area (TPSA) is 57.5 Å². The molecule has 5 nitrogen and oxygen atoms in total. The molecule has 0 bridgehead atoms. The third-order valence-corrected chi connectivity index (χ3v) is 4.70. The summed E-state index contributed by atoms with van der Waals surface area (Å²) in [6.07, 6.45) is 3.90. The van der Waals surface area contributed by atoms with E-state index in [9.17, 15) is 13.6 Å². The van der Waals surface area contributed by atoms with Crippen molar-refractivity contribution in [3.8, 4) is 0 Å². The Labute approximate surface area is 151 Å². The van der Waals surface area contributed by atoms with Crippen molar-refractivity contribution in [1.82, 2.24) is 15.5 Å². The summed E-state index contributed by atoms with van der Waals surface area (Å²) in [6, 6.07) is 6.53. The minimum atomic E-state index is -0.927. The van der Waals surface area contributed by atoms with Crippen molar-refractivity contribution in [2.24, 2.45) is 0 Å². The Hall–Kier alpha value is -2.41. The molecular formula is C19H23F2N3O2. The molecule has 0 radical (unpaired) electrons. The Bertz CT molecular complexity index is 730. The standard InChI is InChI=1S/C19H23F2N3O2/c1-13(14-6-7-15(20)16(21)11-14)23-19(25)22-12-17(18-5-4-10-26-18)24-8-2-3-9-24/h4-7,10-11,13,17H,2-3,8-9,12H2,1H3,(H2,22,23,25). The fourth-order valence-corrected chi connectivity index (χ4v) is 3.25. The number of rotatable bonds is 6. The van der Waals surface area contributed by atoms with Crippen LogP contribution in [-0.2, 0) is 0 Å². The van der Waals surface area contributed by atoms with Gasteiger partial charge in [-0.3, -0.25) is 4.90 Å². The molecule has 3 rings (SSSR count). The maximum absolute atomic E-state index is 13.3. The van der Waals surface area contributed by atoms with Crippen LogP contribution in [0.2, 0.25) is 0 Å². The van der Waals surface area contributed by atoms with Gasteiger partial charge in [-0.25, -0.2) is 13.6 Å². The van der Waals surface area contributed by atoms with Gasteiger partial charge in [0.1, 0.15) is 5.76 Å². The predicted octanol–water partition coefficient (Wildman–Crippen LogP) is 3.76. The van der Waals surface area contributed by atoms with Crippen molar-refractivity contribution in [3.63, 3.8) is 0 Å². The molecule has 0 saturated carbocycles. The zero-order chi connectivity index (χ0) is 18.5. The summed E-state index contributed by atoms with van der Waals surface area (Å²) in [5.41, 5.74) is 0.501. The van der Waals surface area contributed by atoms with Crippen LogP contribution in [0.4, 0.5) is 13.6 Å². The normalized spacial score (nSPS) is 17.0. The van der Waals surface area contributed by atoms with Crippen LogP contribution < -0.4 is 10.6 Å². The van der Waals surface area contributed by atoms with E-state index < -0.39 is 17.7 Å². The predicted molar refractivity (Wildman–Crippen MR) is 93.6 cm³/mol. The van der Waals surface area contributed by atoms with Crippen molar-refractivity contribution in [2.45, 2.75) is 31.8 Å². The Morgan fingerprint density at radius 2 is 2.00 bits per heavy atom. The molecule has 2 heterocycles. The first kappa shape index (κ1) is 18.4. The number of amides is 2. The van der Waals surface area contributed by atoms with E-state index >= 15 is 0 Å². The van der Waals surface area contributed by atoms with Crippen LogP contribution in [0.25, 0.3) is 0 Å². The number of likely N-dealkylation sites (tertiary alicyclic amines) is 1. The first-order valence-electron chi connectivity index (χ1n) is 8.81. The molecule has 1 aromatic heterocycles. The Morgan fingerprint density at radius 1 is 1.23 bits per heavy atom. The average Bonchev–Trinajstić information content (AvgIpc) is 3.31. The number of furan rings is 1. The molecule has 1 aliphatic rings. The molecule has 2 N–H and O–H groups in total. The summed E-state index contributed by atoms with van der Waals surface area (Å²) < 4.78 is 31.9. The highest BCUT2D eigenvalue weighted by Crippen LogP contribution is 2.25. The molecule has 2 aromatic rings. The summed E-state index contributed by atoms with van der Waals surface area (Å²) in [6.45, 7) is 4.07. The fourth-order valence-electron chi connectivity index (χ4n) is 3.25. The molecule has 2 amide bonds. The highest BCUT2D eigenvalue weighted by Gasteiger charge is 2.26. The molecule has 2 unspecified atom stereocenters. The van der Waals surface area contributed by atoms with E-state index in [1.54, 1.807) is 13.2 Å². The number of hydrogen-bond donors (Lipinski definition) is 2. The van der Waals surface area contributed by atoms with Crippen LogP contribution in [0, 0.1) is 11.6 Å². The number of urea groups is 1. The molecule has 0 aliphatic carbocycles. The van der Waals surface area contributed by atoms with Crippen LogP contribution in [0.1, 0.15) is 43.2 Å². The van der Waals surface area contributed by atoms with E-state index in [0.29, 0.717) is 12.1 Å². The van der Waals surface area contributed by atoms with Gasteiger partial charge in [0.2, 0.25) is 0 Å². The van der Waals surface area contributed by atoms with Crippen LogP contribution in [0.15, 0.2) is 41.0 Å².